The second-order valence-corrected chi connectivity index (χ2v) is 7.82. The number of ether oxygens (including phenoxy) is 1. The Morgan fingerprint density at radius 2 is 1.91 bits per heavy atom. The molecule has 122 valence electrons. The van der Waals surface area contributed by atoms with Crippen molar-refractivity contribution in [2.45, 2.75) is 43.0 Å². The van der Waals surface area contributed by atoms with Crippen LogP contribution in [0.1, 0.15) is 42.5 Å². The Balaban J connectivity index is 2.37. The van der Waals surface area contributed by atoms with Crippen LogP contribution in [0, 0.1) is 0 Å². The molecule has 1 aromatic carbocycles. The molecule has 0 aliphatic heterocycles. The molecular weight excluding hydrogens is 326 g/mol. The van der Waals surface area contributed by atoms with E-state index in [4.69, 9.17) is 11.6 Å². The molecule has 1 aliphatic rings. The summed E-state index contributed by atoms with van der Waals surface area (Å²) in [5, 5.41) is 0.107. The highest BCUT2D eigenvalue weighted by molar-refractivity contribution is 7.89. The molecular formula is C15H20ClNO4S. The predicted molar refractivity (Wildman–Crippen MR) is 84.6 cm³/mol. The minimum absolute atomic E-state index is 0.0170. The maximum absolute atomic E-state index is 12.8. The first-order chi connectivity index (χ1) is 10.4. The molecule has 0 atom stereocenters. The van der Waals surface area contributed by atoms with Crippen molar-refractivity contribution in [3.63, 3.8) is 0 Å². The highest BCUT2D eigenvalue weighted by atomic mass is 35.5. The van der Waals surface area contributed by atoms with E-state index in [1.807, 2.05) is 0 Å². The fraction of sp³-hybridized carbons (Fsp3) is 0.533. The summed E-state index contributed by atoms with van der Waals surface area (Å²) in [6.07, 6.45) is 4.90. The van der Waals surface area contributed by atoms with Crippen LogP contribution in [0.15, 0.2) is 23.1 Å². The Labute approximate surface area is 136 Å². The lowest BCUT2D eigenvalue weighted by atomic mass is 9.96. The normalized spacial score (nSPS) is 16.7. The van der Waals surface area contributed by atoms with Crippen molar-refractivity contribution < 1.29 is 17.9 Å². The van der Waals surface area contributed by atoms with Gasteiger partial charge in [-0.25, -0.2) is 13.2 Å². The number of nitrogens with zero attached hydrogens (tertiary/aromatic N) is 1. The second-order valence-electron chi connectivity index (χ2n) is 5.45. The van der Waals surface area contributed by atoms with Gasteiger partial charge in [0.05, 0.1) is 17.7 Å². The molecule has 1 aromatic rings. The fourth-order valence-electron chi connectivity index (χ4n) is 2.74. The van der Waals surface area contributed by atoms with E-state index in [9.17, 15) is 13.2 Å². The molecule has 1 aliphatic carbocycles. The Morgan fingerprint density at radius 1 is 1.27 bits per heavy atom. The zero-order valence-corrected chi connectivity index (χ0v) is 14.3. The number of hydrogen-bond donors (Lipinski definition) is 0. The molecule has 1 fully saturated rings. The molecule has 5 nitrogen and oxygen atoms in total. The van der Waals surface area contributed by atoms with Crippen molar-refractivity contribution in [2.75, 3.05) is 14.2 Å². The molecule has 0 bridgehead atoms. The lowest BCUT2D eigenvalue weighted by Gasteiger charge is -2.30. The summed E-state index contributed by atoms with van der Waals surface area (Å²) < 4.78 is 31.6. The first-order valence-corrected chi connectivity index (χ1v) is 9.05. The predicted octanol–water partition coefficient (Wildman–Crippen LogP) is 3.08. The summed E-state index contributed by atoms with van der Waals surface area (Å²) >= 11 is 6.05. The summed E-state index contributed by atoms with van der Waals surface area (Å²) in [6, 6.07) is 4.13. The Morgan fingerprint density at radius 3 is 2.50 bits per heavy atom. The molecule has 0 radical (unpaired) electrons. The zero-order chi connectivity index (χ0) is 16.3. The summed E-state index contributed by atoms with van der Waals surface area (Å²) in [5.41, 5.74) is 0.169. The molecule has 0 unspecified atom stereocenters. The standard InChI is InChI=1S/C15H20ClNO4S/c1-17(12-6-4-3-5-7-12)22(19,20)14-10-11(15(18)21-2)8-9-13(14)16/h8-10,12H,3-7H2,1-2H3. The third-order valence-electron chi connectivity index (χ3n) is 4.10. The SMILES string of the molecule is COC(=O)c1ccc(Cl)c(S(=O)(=O)N(C)C2CCCCC2)c1. The van der Waals surface area contributed by atoms with E-state index in [2.05, 4.69) is 4.74 Å². The summed E-state index contributed by atoms with van der Waals surface area (Å²) in [6.45, 7) is 0. The number of carbonyl (C=O) groups excluding carboxylic acids is 1. The summed E-state index contributed by atoms with van der Waals surface area (Å²) in [7, 11) is -0.915. The minimum Gasteiger partial charge on any atom is -0.465 e. The van der Waals surface area contributed by atoms with Crippen molar-refractivity contribution in [1.29, 1.82) is 0 Å². The molecule has 0 spiro atoms. The number of hydrogen-bond acceptors (Lipinski definition) is 4. The third-order valence-corrected chi connectivity index (χ3v) is 6.49. The lowest BCUT2D eigenvalue weighted by molar-refractivity contribution is 0.0600. The van der Waals surface area contributed by atoms with Crippen molar-refractivity contribution in [3.05, 3.63) is 28.8 Å². The molecule has 0 heterocycles. The smallest absolute Gasteiger partial charge is 0.337 e. The van der Waals surface area contributed by atoms with Gasteiger partial charge in [0.25, 0.3) is 0 Å². The monoisotopic (exact) mass is 345 g/mol. The molecule has 1 saturated carbocycles. The molecule has 0 N–H and O–H groups in total. The molecule has 22 heavy (non-hydrogen) atoms. The van der Waals surface area contributed by atoms with Gasteiger partial charge in [-0.3, -0.25) is 0 Å². The molecule has 2 rings (SSSR count). The average molecular weight is 346 g/mol. The van der Waals surface area contributed by atoms with Crippen LogP contribution in [0.4, 0.5) is 0 Å². The van der Waals surface area contributed by atoms with Crippen LogP contribution in [-0.4, -0.2) is 38.9 Å². The molecule has 0 amide bonds. The van der Waals surface area contributed by atoms with E-state index in [0.29, 0.717) is 0 Å². The van der Waals surface area contributed by atoms with E-state index in [0.717, 1.165) is 32.1 Å². The number of halogens is 1. The van der Waals surface area contributed by atoms with Gasteiger partial charge in [0.1, 0.15) is 4.90 Å². The van der Waals surface area contributed by atoms with E-state index in [1.165, 1.54) is 29.6 Å². The van der Waals surface area contributed by atoms with Crippen LogP contribution in [0.5, 0.6) is 0 Å². The minimum atomic E-state index is -3.74. The number of rotatable bonds is 4. The number of sulfonamides is 1. The largest absolute Gasteiger partial charge is 0.465 e. The van der Waals surface area contributed by atoms with Crippen molar-refractivity contribution >= 4 is 27.6 Å². The Hall–Kier alpha value is -1.11. The van der Waals surface area contributed by atoms with Crippen molar-refractivity contribution in [2.24, 2.45) is 0 Å². The first-order valence-electron chi connectivity index (χ1n) is 7.24. The van der Waals surface area contributed by atoms with Crippen LogP contribution < -0.4 is 0 Å². The molecule has 7 heteroatoms. The van der Waals surface area contributed by atoms with Gasteiger partial charge in [-0.2, -0.15) is 4.31 Å². The maximum atomic E-state index is 12.8. The van der Waals surface area contributed by atoms with Gasteiger partial charge in [0, 0.05) is 13.1 Å². The van der Waals surface area contributed by atoms with Gasteiger partial charge in [-0.05, 0) is 31.0 Å². The topological polar surface area (TPSA) is 63.7 Å². The van der Waals surface area contributed by atoms with Gasteiger partial charge in [-0.15, -0.1) is 0 Å². The summed E-state index contributed by atoms with van der Waals surface area (Å²) in [4.78, 5) is 11.6. The van der Waals surface area contributed by atoms with Crippen LogP contribution in [0.3, 0.4) is 0 Å². The van der Waals surface area contributed by atoms with E-state index in [1.54, 1.807) is 7.05 Å². The van der Waals surface area contributed by atoms with E-state index in [-0.39, 0.29) is 21.5 Å². The molecule has 0 aromatic heterocycles. The maximum Gasteiger partial charge on any atom is 0.337 e. The highest BCUT2D eigenvalue weighted by Gasteiger charge is 2.31. The number of benzene rings is 1. The first kappa shape index (κ1) is 17.2. The van der Waals surface area contributed by atoms with Gasteiger partial charge in [0.15, 0.2) is 0 Å². The fourth-order valence-corrected chi connectivity index (χ4v) is 4.66. The average Bonchev–Trinajstić information content (AvgIpc) is 2.54. The van der Waals surface area contributed by atoms with Gasteiger partial charge in [0.2, 0.25) is 10.0 Å². The number of methoxy groups -OCH3 is 1. The third kappa shape index (κ3) is 3.45. The number of carbonyl (C=O) groups is 1. The Kier molecular flexibility index (Phi) is 5.47. The molecule has 0 saturated heterocycles. The van der Waals surface area contributed by atoms with E-state index < -0.39 is 16.0 Å². The van der Waals surface area contributed by atoms with Gasteiger partial charge >= 0.3 is 5.97 Å². The van der Waals surface area contributed by atoms with Gasteiger partial charge < -0.3 is 4.74 Å². The van der Waals surface area contributed by atoms with E-state index >= 15 is 0 Å². The van der Waals surface area contributed by atoms with Crippen LogP contribution in [-0.2, 0) is 14.8 Å². The Bertz CT molecular complexity index is 654. The summed E-state index contributed by atoms with van der Waals surface area (Å²) in [5.74, 6) is -0.589. The van der Waals surface area contributed by atoms with Gasteiger partial charge in [-0.1, -0.05) is 30.9 Å². The van der Waals surface area contributed by atoms with Crippen molar-refractivity contribution in [3.8, 4) is 0 Å². The second kappa shape index (κ2) is 6.98. The van der Waals surface area contributed by atoms with Crippen LogP contribution in [0.25, 0.3) is 0 Å². The highest BCUT2D eigenvalue weighted by Crippen LogP contribution is 2.30. The number of esters is 1. The lowest BCUT2D eigenvalue weighted by Crippen LogP contribution is -2.38. The zero-order valence-electron chi connectivity index (χ0n) is 12.7. The van der Waals surface area contributed by atoms with Crippen molar-refractivity contribution in [1.82, 2.24) is 4.31 Å². The van der Waals surface area contributed by atoms with Crippen LogP contribution >= 0.6 is 11.6 Å². The van der Waals surface area contributed by atoms with Crippen LogP contribution in [0.2, 0.25) is 5.02 Å². The quantitative estimate of drug-likeness (QED) is 0.787.